The number of ether oxygens (including phenoxy) is 3. The number of aryl methyl sites for hydroxylation is 6. The van der Waals surface area contributed by atoms with Crippen molar-refractivity contribution in [3.63, 3.8) is 0 Å². The molecule has 2 N–H and O–H groups in total. The average Bonchev–Trinajstić information content (AvgIpc) is 3.26. The number of hydrogen-bond donors (Lipinski definition) is 2. The molecule has 0 amide bonds. The topological polar surface area (TPSA) is 69.9 Å². The Hall–Kier alpha value is -3.75. The Morgan fingerprint density at radius 2 is 1.42 bits per heavy atom. The first kappa shape index (κ1) is 34.1. The lowest BCUT2D eigenvalue weighted by Crippen LogP contribution is -3.10. The number of H-pyrrole nitrogens is 1. The van der Waals surface area contributed by atoms with E-state index >= 15 is 0 Å². The van der Waals surface area contributed by atoms with E-state index in [1.807, 2.05) is 0 Å². The van der Waals surface area contributed by atoms with Crippen LogP contribution in [0.4, 0.5) is 0 Å². The van der Waals surface area contributed by atoms with Gasteiger partial charge in [-0.15, -0.1) is 0 Å². The molecular weight excluding hydrogens is 564 g/mol. The summed E-state index contributed by atoms with van der Waals surface area (Å²) in [7, 11) is 11.8. The minimum Gasteiger partial charge on any atom is -0.493 e. The normalized spacial score (nSPS) is 13.2. The molecule has 4 rings (SSSR count). The molecule has 1 heterocycles. The van der Waals surface area contributed by atoms with E-state index in [4.69, 9.17) is 14.2 Å². The third-order valence-corrected chi connectivity index (χ3v) is 9.12. The van der Waals surface area contributed by atoms with Crippen molar-refractivity contribution in [2.45, 2.75) is 66.6 Å². The van der Waals surface area contributed by atoms with Gasteiger partial charge >= 0.3 is 0 Å². The summed E-state index contributed by atoms with van der Waals surface area (Å²) in [4.78, 5) is 14.7. The summed E-state index contributed by atoms with van der Waals surface area (Å²) in [6, 6.07) is 13.6. The number of benzene rings is 3. The van der Waals surface area contributed by atoms with E-state index in [0.29, 0.717) is 40.7 Å². The van der Waals surface area contributed by atoms with Gasteiger partial charge in [-0.3, -0.25) is 14.6 Å². The van der Waals surface area contributed by atoms with Gasteiger partial charge in [0.05, 0.1) is 54.4 Å². The maximum Gasteiger partial charge on any atom is 0.274 e. The number of quaternary nitrogens is 2. The molecule has 0 spiro atoms. The second-order valence-corrected chi connectivity index (χ2v) is 13.5. The van der Waals surface area contributed by atoms with Gasteiger partial charge in [0.1, 0.15) is 18.6 Å². The number of aromatic amines is 1. The molecule has 0 aliphatic heterocycles. The Bertz CT molecular complexity index is 1660. The third-order valence-electron chi connectivity index (χ3n) is 9.12. The molecule has 4 aromatic rings. The first-order valence-corrected chi connectivity index (χ1v) is 16.0. The zero-order chi connectivity index (χ0) is 33.1. The molecule has 45 heavy (non-hydrogen) atoms. The zero-order valence-electron chi connectivity index (χ0n) is 29.3. The van der Waals surface area contributed by atoms with E-state index in [1.54, 1.807) is 32.1 Å². The van der Waals surface area contributed by atoms with Crippen molar-refractivity contribution in [1.29, 1.82) is 0 Å². The fourth-order valence-electron chi connectivity index (χ4n) is 7.21. The van der Waals surface area contributed by atoms with E-state index in [0.717, 1.165) is 37.0 Å². The Labute approximate surface area is 269 Å². The summed E-state index contributed by atoms with van der Waals surface area (Å²) in [5.41, 5.74) is 10.1. The van der Waals surface area contributed by atoms with Crippen molar-refractivity contribution in [2.24, 2.45) is 0 Å². The first-order valence-electron chi connectivity index (χ1n) is 16.0. The van der Waals surface area contributed by atoms with Gasteiger partial charge in [-0.1, -0.05) is 47.0 Å². The number of nitrogens with zero attached hydrogens (tertiary/aromatic N) is 2. The molecule has 0 radical (unpaired) electrons. The fraction of sp³-hybridized carbons (Fsp3) is 0.486. The molecule has 244 valence electrons. The molecule has 0 aliphatic carbocycles. The molecule has 3 aromatic carbocycles. The van der Waals surface area contributed by atoms with Crippen molar-refractivity contribution in [3.8, 4) is 17.2 Å². The SMILES string of the molecule is COc1cc2c(=O)n(CCCC[NH+](C)CC(c3c(C)cc(C)cc3C)[N+](C)(C)Cc3cc(C)cc(C)c3)[nH]c2c(OC)c1OC. The molecule has 2 unspecified atom stereocenters. The zero-order valence-corrected chi connectivity index (χ0v) is 29.3. The van der Waals surface area contributed by atoms with Gasteiger partial charge in [-0.2, -0.15) is 0 Å². The van der Waals surface area contributed by atoms with Crippen LogP contribution in [0.1, 0.15) is 57.8 Å². The van der Waals surface area contributed by atoms with Crippen LogP contribution >= 0.6 is 0 Å². The molecule has 0 fully saturated rings. The lowest BCUT2D eigenvalue weighted by Gasteiger charge is -2.40. The first-order chi connectivity index (χ1) is 21.3. The second-order valence-electron chi connectivity index (χ2n) is 13.5. The predicted molar refractivity (Wildman–Crippen MR) is 183 cm³/mol. The summed E-state index contributed by atoms with van der Waals surface area (Å²) in [6.45, 7) is 14.7. The van der Waals surface area contributed by atoms with Crippen molar-refractivity contribution < 1.29 is 23.6 Å². The van der Waals surface area contributed by atoms with Gasteiger partial charge in [0.25, 0.3) is 5.56 Å². The molecule has 0 bridgehead atoms. The van der Waals surface area contributed by atoms with Crippen LogP contribution in [0.3, 0.4) is 0 Å². The lowest BCUT2D eigenvalue weighted by atomic mass is 9.91. The largest absolute Gasteiger partial charge is 0.493 e. The van der Waals surface area contributed by atoms with Gasteiger partial charge in [0, 0.05) is 17.7 Å². The third kappa shape index (κ3) is 7.56. The smallest absolute Gasteiger partial charge is 0.274 e. The van der Waals surface area contributed by atoms with Crippen LogP contribution in [-0.2, 0) is 13.1 Å². The number of rotatable bonds is 14. The summed E-state index contributed by atoms with van der Waals surface area (Å²) in [5, 5.41) is 3.78. The van der Waals surface area contributed by atoms with E-state index < -0.39 is 0 Å². The molecule has 0 aliphatic rings. The quantitative estimate of drug-likeness (QED) is 0.150. The van der Waals surface area contributed by atoms with Crippen LogP contribution in [-0.4, -0.2) is 69.8 Å². The van der Waals surface area contributed by atoms with Gasteiger partial charge < -0.3 is 23.6 Å². The molecule has 8 heteroatoms. The number of methoxy groups -OCH3 is 3. The summed E-state index contributed by atoms with van der Waals surface area (Å²) in [5.74, 6) is 1.42. The molecule has 0 saturated carbocycles. The monoisotopic (exact) mass is 618 g/mol. The number of fused-ring (bicyclic) bond motifs is 1. The van der Waals surface area contributed by atoms with Gasteiger partial charge in [0.15, 0.2) is 17.5 Å². The van der Waals surface area contributed by atoms with Crippen LogP contribution in [0.2, 0.25) is 0 Å². The van der Waals surface area contributed by atoms with Crippen molar-refractivity contribution in [1.82, 2.24) is 9.78 Å². The number of unbranched alkanes of at least 4 members (excludes halogenated alkanes) is 1. The van der Waals surface area contributed by atoms with Crippen LogP contribution in [0.25, 0.3) is 10.9 Å². The highest BCUT2D eigenvalue weighted by molar-refractivity contribution is 5.89. The highest BCUT2D eigenvalue weighted by Gasteiger charge is 2.35. The van der Waals surface area contributed by atoms with E-state index in [9.17, 15) is 4.79 Å². The number of likely N-dealkylation sites (N-methyl/N-ethyl adjacent to an activating group) is 2. The Morgan fingerprint density at radius 1 is 0.822 bits per heavy atom. The Morgan fingerprint density at radius 3 is 2.00 bits per heavy atom. The summed E-state index contributed by atoms with van der Waals surface area (Å²) < 4.78 is 19.1. The molecule has 2 atom stereocenters. The average molecular weight is 619 g/mol. The molecule has 0 saturated heterocycles. The summed E-state index contributed by atoms with van der Waals surface area (Å²) >= 11 is 0. The van der Waals surface area contributed by atoms with Gasteiger partial charge in [-0.05, 0) is 64.7 Å². The Kier molecular flexibility index (Phi) is 10.7. The van der Waals surface area contributed by atoms with Crippen molar-refractivity contribution in [2.75, 3.05) is 55.6 Å². The second kappa shape index (κ2) is 14.1. The number of hydrogen-bond acceptors (Lipinski definition) is 4. The minimum absolute atomic E-state index is 0.0826. The van der Waals surface area contributed by atoms with Crippen LogP contribution in [0, 0.1) is 34.6 Å². The standard InChI is InChI=1S/C37H52N4O4/c1-24-16-25(2)20-29(19-24)23-41(7,8)31(33-27(4)17-26(3)18-28(33)5)22-39(6)14-12-13-15-40-37(42)30-21-32(43-9)35(44-10)36(45-11)34(30)38-40/h16-21,31H,12-15,22-23H2,1-11H3/p+2. The number of aromatic nitrogens is 2. The lowest BCUT2D eigenvalue weighted by molar-refractivity contribution is -0.976. The predicted octanol–water partition coefficient (Wildman–Crippen LogP) is 5.21. The number of nitrogens with one attached hydrogen (secondary N) is 2. The molecule has 8 nitrogen and oxygen atoms in total. The Balaban J connectivity index is 1.50. The van der Waals surface area contributed by atoms with Crippen LogP contribution in [0.15, 0.2) is 41.2 Å². The maximum absolute atomic E-state index is 13.3. The van der Waals surface area contributed by atoms with Crippen LogP contribution in [0.5, 0.6) is 17.2 Å². The van der Waals surface area contributed by atoms with Crippen molar-refractivity contribution >= 4 is 10.9 Å². The van der Waals surface area contributed by atoms with Gasteiger partial charge in [0.2, 0.25) is 5.75 Å². The molecule has 1 aromatic heterocycles. The van der Waals surface area contributed by atoms with E-state index in [1.165, 1.54) is 43.8 Å². The van der Waals surface area contributed by atoms with E-state index in [2.05, 4.69) is 91.2 Å². The van der Waals surface area contributed by atoms with Crippen LogP contribution < -0.4 is 24.7 Å². The maximum atomic E-state index is 13.3. The highest BCUT2D eigenvalue weighted by atomic mass is 16.5. The van der Waals surface area contributed by atoms with Crippen molar-refractivity contribution in [3.05, 3.63) is 85.7 Å². The van der Waals surface area contributed by atoms with E-state index in [-0.39, 0.29) is 5.56 Å². The molecular formula is C37H54N4O4+2. The fourth-order valence-corrected chi connectivity index (χ4v) is 7.21. The summed E-state index contributed by atoms with van der Waals surface area (Å²) in [6.07, 6.45) is 1.88. The van der Waals surface area contributed by atoms with Gasteiger partial charge in [-0.25, -0.2) is 0 Å². The minimum atomic E-state index is -0.0826. The highest BCUT2D eigenvalue weighted by Crippen LogP contribution is 2.41.